The van der Waals surface area contributed by atoms with Gasteiger partial charge in [0.1, 0.15) is 52.8 Å². The topological polar surface area (TPSA) is 299 Å². The molecular weight excluding hydrogens is 1450 g/mol. The van der Waals surface area contributed by atoms with E-state index in [0.717, 1.165) is 105 Å². The van der Waals surface area contributed by atoms with Crippen molar-refractivity contribution in [3.05, 3.63) is 143 Å². The maximum Gasteiger partial charge on any atom is 0.304 e. The number of ether oxygens (including phenoxy) is 6. The molecule has 0 spiro atoms. The van der Waals surface area contributed by atoms with Crippen LogP contribution in [0.2, 0.25) is 0 Å². The molecule has 0 atom stereocenters. The van der Waals surface area contributed by atoms with Gasteiger partial charge < -0.3 is 64.6 Å². The average Bonchev–Trinajstić information content (AvgIpc) is 0.797. The molecule has 0 aliphatic carbocycles. The molecule has 0 aromatic heterocycles. The summed E-state index contributed by atoms with van der Waals surface area (Å²) in [6.45, 7) is 16.8. The van der Waals surface area contributed by atoms with Crippen molar-refractivity contribution in [1.29, 1.82) is 0 Å². The molecular formula is C75H109Cl2N9O16S3. The number of hydrogen-bond acceptors (Lipinski definition) is 19. The van der Waals surface area contributed by atoms with Crippen molar-refractivity contribution < 1.29 is 73.2 Å². The molecule has 0 unspecified atom stereocenters. The van der Waals surface area contributed by atoms with E-state index < -0.39 is 36.0 Å². The van der Waals surface area contributed by atoms with Gasteiger partial charge in [0.15, 0.2) is 0 Å². The highest BCUT2D eigenvalue weighted by atomic mass is 35.5. The van der Waals surface area contributed by atoms with Crippen molar-refractivity contribution in [2.45, 2.75) is 132 Å². The third-order valence-electron chi connectivity index (χ3n) is 18.0. The maximum atomic E-state index is 13.1. The fourth-order valence-electron chi connectivity index (χ4n) is 12.0. The lowest BCUT2D eigenvalue weighted by atomic mass is 10.1. The monoisotopic (exact) mass is 1560 g/mol. The number of halogens is 2. The van der Waals surface area contributed by atoms with Crippen LogP contribution >= 0.6 is 24.8 Å². The number of rotatable bonds is 26. The van der Waals surface area contributed by atoms with E-state index in [1.54, 1.807) is 116 Å². The van der Waals surface area contributed by atoms with Crippen LogP contribution in [0.3, 0.4) is 0 Å². The van der Waals surface area contributed by atoms with Gasteiger partial charge in [0.25, 0.3) is 0 Å². The standard InChI is InChI=1S/2C25H35N3O5S.C13H19NO5S.C12H18N2O.2ClH/c2*1-18-16-23(32-5)17-19(2)25(18)34(30,31)28(4)15-12-24(29)26-20-6-8-21(9-7-20)33-22-10-13-27(3)14-11-22;1-9-7-11(19-4)8-10(2)13(9)20(17,18)14(3)6-5-12(15)16;1-14-8-6-12(7-9-14)15-11-4-2-10(13)3-5-11;;/h2*6-9,16-17,22H,10-15H2,1-5H3,(H,26,29);7-8H,5-6H2,1-4H3,(H,15,16);2-5,12H,6-9,13H2,1H3;2*1H. The summed E-state index contributed by atoms with van der Waals surface area (Å²) in [4.78, 5) is 43.1. The number of hydrogen-bond donors (Lipinski definition) is 4. The molecule has 0 radical (unpaired) electrons. The highest BCUT2D eigenvalue weighted by Crippen LogP contribution is 2.32. The van der Waals surface area contributed by atoms with E-state index in [4.69, 9.17) is 39.3 Å². The molecule has 2 amide bonds. The van der Waals surface area contributed by atoms with Gasteiger partial charge >= 0.3 is 5.97 Å². The Morgan fingerprint density at radius 1 is 0.419 bits per heavy atom. The first-order chi connectivity index (χ1) is 48.6. The highest BCUT2D eigenvalue weighted by Gasteiger charge is 2.30. The lowest BCUT2D eigenvalue weighted by Gasteiger charge is -2.29. The first kappa shape index (κ1) is 89.9. The number of anilines is 3. The third-order valence-corrected chi connectivity index (χ3v) is 24.5. The predicted molar refractivity (Wildman–Crippen MR) is 417 cm³/mol. The number of amides is 2. The number of aliphatic carboxylic acids is 1. The molecule has 9 rings (SSSR count). The van der Waals surface area contributed by atoms with Gasteiger partial charge in [0.05, 0.1) is 42.4 Å². The number of methoxy groups -OCH3 is 3. The largest absolute Gasteiger partial charge is 0.497 e. The van der Waals surface area contributed by atoms with Crippen molar-refractivity contribution in [2.75, 3.05) is 139 Å². The summed E-state index contributed by atoms with van der Waals surface area (Å²) in [6.07, 6.45) is 6.87. The second-order valence-corrected chi connectivity index (χ2v) is 32.4. The first-order valence-electron chi connectivity index (χ1n) is 34.4. The summed E-state index contributed by atoms with van der Waals surface area (Å²) in [5, 5.41) is 14.3. The number of benzene rings is 6. The van der Waals surface area contributed by atoms with Crippen molar-refractivity contribution in [3.63, 3.8) is 0 Å². The summed E-state index contributed by atoms with van der Waals surface area (Å²) in [5.41, 5.74) is 11.3. The Morgan fingerprint density at radius 3 is 0.876 bits per heavy atom. The van der Waals surface area contributed by atoms with Crippen LogP contribution in [0.15, 0.2) is 124 Å². The van der Waals surface area contributed by atoms with Crippen molar-refractivity contribution in [3.8, 4) is 34.5 Å². The smallest absolute Gasteiger partial charge is 0.304 e. The number of carbonyl (C=O) groups excluding carboxylic acids is 2. The minimum Gasteiger partial charge on any atom is -0.497 e. The van der Waals surface area contributed by atoms with Crippen LogP contribution in [0.25, 0.3) is 0 Å². The second kappa shape index (κ2) is 42.2. The van der Waals surface area contributed by atoms with Gasteiger partial charge in [-0.2, -0.15) is 0 Å². The lowest BCUT2D eigenvalue weighted by Crippen LogP contribution is -2.35. The molecule has 6 aromatic carbocycles. The number of carboxylic acid groups (broad SMARTS) is 1. The quantitative estimate of drug-likeness (QED) is 0.0367. The number of nitrogens with zero attached hydrogens (tertiary/aromatic N) is 6. The first-order valence-corrected chi connectivity index (χ1v) is 38.7. The Bertz CT molecular complexity index is 3880. The number of piperidine rings is 3. The Balaban J connectivity index is 0.000000308. The molecule has 25 nitrogen and oxygen atoms in total. The predicted octanol–water partition coefficient (Wildman–Crippen LogP) is 10.9. The molecule has 3 fully saturated rings. The zero-order chi connectivity index (χ0) is 75.9. The number of sulfonamides is 3. The fourth-order valence-corrected chi connectivity index (χ4v) is 16.7. The Morgan fingerprint density at radius 2 is 0.648 bits per heavy atom. The molecule has 30 heteroatoms. The minimum atomic E-state index is -3.74. The number of carbonyl (C=O) groups is 3. The van der Waals surface area contributed by atoms with Gasteiger partial charge in [-0.3, -0.25) is 14.4 Å². The van der Waals surface area contributed by atoms with E-state index >= 15 is 0 Å². The van der Waals surface area contributed by atoms with E-state index in [2.05, 4.69) is 46.5 Å². The van der Waals surface area contributed by atoms with E-state index in [-0.39, 0.29) is 102 Å². The summed E-state index contributed by atoms with van der Waals surface area (Å²) < 4.78 is 114. The summed E-state index contributed by atoms with van der Waals surface area (Å²) in [5.74, 6) is 2.76. The van der Waals surface area contributed by atoms with Crippen LogP contribution in [0.5, 0.6) is 34.5 Å². The summed E-state index contributed by atoms with van der Waals surface area (Å²) in [7, 11) is 4.15. The molecule has 582 valence electrons. The molecule has 3 aliphatic heterocycles. The summed E-state index contributed by atoms with van der Waals surface area (Å²) in [6, 6.07) is 32.3. The van der Waals surface area contributed by atoms with Crippen LogP contribution in [-0.2, 0) is 44.5 Å². The van der Waals surface area contributed by atoms with Gasteiger partial charge in [0.2, 0.25) is 41.9 Å². The maximum absolute atomic E-state index is 13.1. The molecule has 3 saturated heterocycles. The number of nitrogens with two attached hydrogens (primary N) is 1. The zero-order valence-corrected chi connectivity index (χ0v) is 67.3. The highest BCUT2D eigenvalue weighted by molar-refractivity contribution is 7.89. The molecule has 3 heterocycles. The SMILES string of the molecule is CN1CCC(Oc2ccc(N)cc2)CC1.COc1cc(C)c(S(=O)(=O)N(C)CCC(=O)Nc2ccc(OC3CCN(C)CC3)cc2)c(C)c1.COc1cc(C)c(S(=O)(=O)N(C)CCC(=O)Nc2ccc(OC3CCN(C)CC3)cc2)c(C)c1.COc1cc(C)c(S(=O)(=O)N(C)CCC(=O)O)c(C)c1.Cl.Cl. The number of nitrogen functional groups attached to an aromatic ring is 1. The van der Waals surface area contributed by atoms with Crippen LogP contribution in [-0.4, -0.2) is 217 Å². The molecule has 0 saturated carbocycles. The van der Waals surface area contributed by atoms with Crippen molar-refractivity contribution in [1.82, 2.24) is 27.6 Å². The molecule has 5 N–H and O–H groups in total. The Kier molecular flexibility index (Phi) is 36.1. The molecule has 0 bridgehead atoms. The Labute approximate surface area is 634 Å². The van der Waals surface area contributed by atoms with Gasteiger partial charge in [-0.25, -0.2) is 38.2 Å². The van der Waals surface area contributed by atoms with Crippen molar-refractivity contribution >= 4 is 89.7 Å². The number of aryl methyl sites for hydroxylation is 6. The van der Waals surface area contributed by atoms with E-state index in [1.807, 2.05) is 48.5 Å². The van der Waals surface area contributed by atoms with E-state index in [0.29, 0.717) is 68.1 Å². The van der Waals surface area contributed by atoms with Gasteiger partial charge in [-0.05, 0) is 244 Å². The number of carboxylic acids is 1. The lowest BCUT2D eigenvalue weighted by molar-refractivity contribution is -0.137. The number of nitrogens with one attached hydrogen (secondary N) is 2. The van der Waals surface area contributed by atoms with Gasteiger partial charge in [-0.1, -0.05) is 0 Å². The third kappa shape index (κ3) is 27.4. The summed E-state index contributed by atoms with van der Waals surface area (Å²) >= 11 is 0. The van der Waals surface area contributed by atoms with Crippen LogP contribution in [0.1, 0.15) is 91.2 Å². The Hall–Kier alpha value is -7.48. The second-order valence-electron chi connectivity index (χ2n) is 26.5. The van der Waals surface area contributed by atoms with Crippen LogP contribution in [0.4, 0.5) is 17.1 Å². The zero-order valence-electron chi connectivity index (χ0n) is 63.2. The van der Waals surface area contributed by atoms with Crippen molar-refractivity contribution in [2.24, 2.45) is 0 Å². The average molecular weight is 1560 g/mol. The van der Waals surface area contributed by atoms with Crippen LogP contribution < -0.4 is 44.8 Å². The van der Waals surface area contributed by atoms with E-state index in [1.165, 1.54) is 36.9 Å². The van der Waals surface area contributed by atoms with Gasteiger partial charge in [-0.15, -0.1) is 24.8 Å². The van der Waals surface area contributed by atoms with Crippen LogP contribution in [0, 0.1) is 41.5 Å². The fraction of sp³-hybridized carbons (Fsp3) is 0.480. The number of likely N-dealkylation sites (tertiary alicyclic amines) is 3. The molecule has 3 aliphatic rings. The molecule has 6 aromatic rings. The van der Waals surface area contributed by atoms with E-state index in [9.17, 15) is 39.6 Å². The molecule has 105 heavy (non-hydrogen) atoms. The normalized spacial score (nSPS) is 14.9. The minimum absolute atomic E-state index is 0. The van der Waals surface area contributed by atoms with Gasteiger partial charge in [0, 0.05) is 110 Å².